The van der Waals surface area contributed by atoms with Crippen LogP contribution < -0.4 is 5.32 Å². The molecule has 1 fully saturated rings. The lowest BCUT2D eigenvalue weighted by Gasteiger charge is -2.05. The minimum atomic E-state index is -0.390. The van der Waals surface area contributed by atoms with E-state index < -0.39 is 0 Å². The van der Waals surface area contributed by atoms with Crippen molar-refractivity contribution >= 4 is 6.09 Å². The molecular weight excluding hydrogens is 218 g/mol. The van der Waals surface area contributed by atoms with Crippen molar-refractivity contribution in [3.05, 3.63) is 35.9 Å². The summed E-state index contributed by atoms with van der Waals surface area (Å²) in [6.45, 7) is 2.90. The van der Waals surface area contributed by atoms with Crippen LogP contribution in [0.15, 0.2) is 30.3 Å². The maximum Gasteiger partial charge on any atom is 0.407 e. The minimum Gasteiger partial charge on any atom is -0.445 e. The number of benzene rings is 1. The molecule has 4 nitrogen and oxygen atoms in total. The summed E-state index contributed by atoms with van der Waals surface area (Å²) in [5.74, 6) is 0. The van der Waals surface area contributed by atoms with E-state index in [1.54, 1.807) is 0 Å². The van der Waals surface area contributed by atoms with Gasteiger partial charge in [-0.2, -0.15) is 0 Å². The van der Waals surface area contributed by atoms with Crippen molar-refractivity contribution < 1.29 is 14.3 Å². The van der Waals surface area contributed by atoms with Crippen LogP contribution in [0, 0.1) is 0 Å². The molecule has 1 saturated heterocycles. The monoisotopic (exact) mass is 235 g/mol. The van der Waals surface area contributed by atoms with E-state index in [1.807, 2.05) is 30.3 Å². The number of epoxide rings is 1. The van der Waals surface area contributed by atoms with Crippen LogP contribution in [0.25, 0.3) is 0 Å². The Morgan fingerprint density at radius 1 is 1.35 bits per heavy atom. The van der Waals surface area contributed by atoms with E-state index >= 15 is 0 Å². The molecule has 1 amide bonds. The first kappa shape index (κ1) is 11.9. The second kappa shape index (κ2) is 5.68. The van der Waals surface area contributed by atoms with E-state index in [0.29, 0.717) is 19.3 Å². The van der Waals surface area contributed by atoms with Crippen molar-refractivity contribution in [1.29, 1.82) is 0 Å². The number of alkyl carbamates (subject to hydrolysis) is 1. The second-order valence-electron chi connectivity index (χ2n) is 4.06. The predicted octanol–water partition coefficient (Wildman–Crippen LogP) is 2.09. The smallest absolute Gasteiger partial charge is 0.407 e. The van der Waals surface area contributed by atoms with Gasteiger partial charge in [0, 0.05) is 6.54 Å². The van der Waals surface area contributed by atoms with E-state index in [0.717, 1.165) is 12.0 Å². The van der Waals surface area contributed by atoms with Crippen molar-refractivity contribution in [3.63, 3.8) is 0 Å². The Bertz CT molecular complexity index is 366. The molecule has 2 unspecified atom stereocenters. The summed E-state index contributed by atoms with van der Waals surface area (Å²) >= 11 is 0. The summed E-state index contributed by atoms with van der Waals surface area (Å²) in [7, 11) is 0. The van der Waals surface area contributed by atoms with E-state index in [1.165, 1.54) is 0 Å². The molecule has 1 aromatic carbocycles. The zero-order chi connectivity index (χ0) is 12.1. The molecule has 0 saturated carbocycles. The molecule has 0 radical (unpaired) electrons. The van der Waals surface area contributed by atoms with Crippen LogP contribution in [0.3, 0.4) is 0 Å². The van der Waals surface area contributed by atoms with Gasteiger partial charge in [-0.15, -0.1) is 0 Å². The maximum atomic E-state index is 11.4. The number of carbonyl (C=O) groups is 1. The van der Waals surface area contributed by atoms with Crippen LogP contribution in [0.1, 0.15) is 18.9 Å². The van der Waals surface area contributed by atoms with Crippen LogP contribution in [0.2, 0.25) is 0 Å². The fourth-order valence-electron chi connectivity index (χ4n) is 1.68. The highest BCUT2D eigenvalue weighted by Gasteiger charge is 2.36. The van der Waals surface area contributed by atoms with Gasteiger partial charge < -0.3 is 14.8 Å². The molecule has 2 rings (SSSR count). The third-order valence-corrected chi connectivity index (χ3v) is 2.75. The third-order valence-electron chi connectivity index (χ3n) is 2.75. The van der Waals surface area contributed by atoms with Crippen molar-refractivity contribution in [2.45, 2.75) is 32.2 Å². The Labute approximate surface area is 101 Å². The lowest BCUT2D eigenvalue weighted by Crippen LogP contribution is -2.28. The molecule has 0 spiro atoms. The quantitative estimate of drug-likeness (QED) is 0.795. The lowest BCUT2D eigenvalue weighted by atomic mass is 10.2. The van der Waals surface area contributed by atoms with Gasteiger partial charge in [0.2, 0.25) is 0 Å². The Kier molecular flexibility index (Phi) is 3.98. The van der Waals surface area contributed by atoms with Gasteiger partial charge >= 0.3 is 6.09 Å². The van der Waals surface area contributed by atoms with Crippen LogP contribution in [0.4, 0.5) is 4.79 Å². The molecule has 1 heterocycles. The highest BCUT2D eigenvalue weighted by atomic mass is 16.6. The van der Waals surface area contributed by atoms with Crippen LogP contribution >= 0.6 is 0 Å². The molecule has 17 heavy (non-hydrogen) atoms. The second-order valence-corrected chi connectivity index (χ2v) is 4.06. The Balaban J connectivity index is 1.61. The number of rotatable bonds is 5. The highest BCUT2D eigenvalue weighted by molar-refractivity contribution is 5.67. The number of hydrogen-bond donors (Lipinski definition) is 1. The van der Waals surface area contributed by atoms with Crippen LogP contribution in [0.5, 0.6) is 0 Å². The molecule has 0 aromatic heterocycles. The molecule has 0 aliphatic carbocycles. The van der Waals surface area contributed by atoms with Gasteiger partial charge in [-0.25, -0.2) is 4.79 Å². The summed E-state index contributed by atoms with van der Waals surface area (Å²) in [6.07, 6.45) is 1.08. The molecule has 4 heteroatoms. The first-order valence-corrected chi connectivity index (χ1v) is 5.89. The number of hydrogen-bond acceptors (Lipinski definition) is 3. The average molecular weight is 235 g/mol. The molecule has 0 bridgehead atoms. The van der Waals surface area contributed by atoms with Gasteiger partial charge in [0.1, 0.15) is 12.7 Å². The SMILES string of the molecule is CCC1OC1CNC(=O)OCc1ccccc1. The summed E-state index contributed by atoms with van der Waals surface area (Å²) in [5.41, 5.74) is 0.983. The highest BCUT2D eigenvalue weighted by Crippen LogP contribution is 2.23. The molecular formula is C13H17NO3. The standard InChI is InChI=1S/C13H17NO3/c1-2-11-12(17-11)8-14-13(15)16-9-10-6-4-3-5-7-10/h3-7,11-12H,2,8-9H2,1H3,(H,14,15). The van der Waals surface area contributed by atoms with Crippen molar-refractivity contribution in [1.82, 2.24) is 5.32 Å². The van der Waals surface area contributed by atoms with E-state index in [-0.39, 0.29) is 12.2 Å². The largest absolute Gasteiger partial charge is 0.445 e. The fraction of sp³-hybridized carbons (Fsp3) is 0.462. The van der Waals surface area contributed by atoms with Gasteiger partial charge in [-0.1, -0.05) is 37.3 Å². The first-order valence-electron chi connectivity index (χ1n) is 5.89. The molecule has 2 atom stereocenters. The van der Waals surface area contributed by atoms with E-state index in [9.17, 15) is 4.79 Å². The number of amides is 1. The Morgan fingerprint density at radius 2 is 2.12 bits per heavy atom. The first-order chi connectivity index (χ1) is 8.29. The van der Waals surface area contributed by atoms with Gasteiger partial charge in [0.25, 0.3) is 0 Å². The Hall–Kier alpha value is -1.55. The van der Waals surface area contributed by atoms with Crippen molar-refractivity contribution in [2.75, 3.05) is 6.54 Å². The summed E-state index contributed by atoms with van der Waals surface area (Å²) < 4.78 is 10.4. The summed E-state index contributed by atoms with van der Waals surface area (Å²) in [5, 5.41) is 2.69. The third kappa shape index (κ3) is 3.75. The van der Waals surface area contributed by atoms with Gasteiger partial charge in [0.05, 0.1) is 6.10 Å². The summed E-state index contributed by atoms with van der Waals surface area (Å²) in [4.78, 5) is 11.4. The molecule has 1 aromatic rings. The van der Waals surface area contributed by atoms with E-state index in [4.69, 9.17) is 9.47 Å². The number of nitrogens with one attached hydrogen (secondary N) is 1. The molecule has 92 valence electrons. The maximum absolute atomic E-state index is 11.4. The van der Waals surface area contributed by atoms with Crippen molar-refractivity contribution in [2.24, 2.45) is 0 Å². The van der Waals surface area contributed by atoms with Gasteiger partial charge in [0.15, 0.2) is 0 Å². The van der Waals surface area contributed by atoms with Crippen LogP contribution in [-0.4, -0.2) is 24.8 Å². The lowest BCUT2D eigenvalue weighted by molar-refractivity contribution is 0.139. The summed E-state index contributed by atoms with van der Waals surface area (Å²) in [6, 6.07) is 9.61. The van der Waals surface area contributed by atoms with E-state index in [2.05, 4.69) is 12.2 Å². The molecule has 1 aliphatic heterocycles. The zero-order valence-electron chi connectivity index (χ0n) is 9.89. The van der Waals surface area contributed by atoms with Crippen molar-refractivity contribution in [3.8, 4) is 0 Å². The minimum absolute atomic E-state index is 0.171. The van der Waals surface area contributed by atoms with Crippen LogP contribution in [-0.2, 0) is 16.1 Å². The number of ether oxygens (including phenoxy) is 2. The molecule has 1 N–H and O–H groups in total. The Morgan fingerprint density at radius 3 is 2.76 bits per heavy atom. The fourth-order valence-corrected chi connectivity index (χ4v) is 1.68. The average Bonchev–Trinajstić information content (AvgIpc) is 3.14. The van der Waals surface area contributed by atoms with Gasteiger partial charge in [-0.05, 0) is 12.0 Å². The van der Waals surface area contributed by atoms with Gasteiger partial charge in [-0.3, -0.25) is 0 Å². The predicted molar refractivity (Wildman–Crippen MR) is 63.6 cm³/mol. The topological polar surface area (TPSA) is 50.9 Å². The number of carbonyl (C=O) groups excluding carboxylic acids is 1. The normalized spacial score (nSPS) is 21.9. The molecule has 1 aliphatic rings. The zero-order valence-corrected chi connectivity index (χ0v) is 9.89.